The van der Waals surface area contributed by atoms with Crippen molar-refractivity contribution in [2.75, 3.05) is 12.4 Å². The molecule has 0 atom stereocenters. The van der Waals surface area contributed by atoms with E-state index >= 15 is 0 Å². The van der Waals surface area contributed by atoms with Crippen molar-refractivity contribution in [3.8, 4) is 0 Å². The summed E-state index contributed by atoms with van der Waals surface area (Å²) in [5.41, 5.74) is 1.08. The summed E-state index contributed by atoms with van der Waals surface area (Å²) in [5, 5.41) is 2.71. The summed E-state index contributed by atoms with van der Waals surface area (Å²) in [7, 11) is -1.92. The summed E-state index contributed by atoms with van der Waals surface area (Å²) >= 11 is 0. The van der Waals surface area contributed by atoms with E-state index in [2.05, 4.69) is 5.32 Å². The molecule has 28 heavy (non-hydrogen) atoms. The molecule has 5 nitrogen and oxygen atoms in total. The maximum Gasteiger partial charge on any atom is 0.243 e. The van der Waals surface area contributed by atoms with Crippen LogP contribution in [0.15, 0.2) is 53.4 Å². The number of sulfonamides is 1. The van der Waals surface area contributed by atoms with E-state index in [9.17, 15) is 17.6 Å². The van der Waals surface area contributed by atoms with Gasteiger partial charge in [0.15, 0.2) is 0 Å². The second-order valence-corrected chi connectivity index (χ2v) is 9.19. The normalized spacial score (nSPS) is 15.5. The molecule has 2 aromatic rings. The maximum atomic E-state index is 13.2. The Labute approximate surface area is 165 Å². The van der Waals surface area contributed by atoms with Crippen molar-refractivity contribution in [1.29, 1.82) is 0 Å². The Bertz CT molecular complexity index is 923. The lowest BCUT2D eigenvalue weighted by atomic mass is 9.96. The zero-order valence-corrected chi connectivity index (χ0v) is 16.7. The van der Waals surface area contributed by atoms with E-state index in [4.69, 9.17) is 0 Å². The monoisotopic (exact) mass is 404 g/mol. The second-order valence-electron chi connectivity index (χ2n) is 7.19. The minimum atomic E-state index is -3.56. The molecule has 0 aromatic heterocycles. The number of amides is 1. The first-order chi connectivity index (χ1) is 13.4. The van der Waals surface area contributed by atoms with Gasteiger partial charge in [-0.1, -0.05) is 31.4 Å². The van der Waals surface area contributed by atoms with Crippen LogP contribution in [0, 0.1) is 5.82 Å². The molecule has 0 unspecified atom stereocenters. The van der Waals surface area contributed by atoms with E-state index in [0.717, 1.165) is 32.1 Å². The number of rotatable bonds is 6. The van der Waals surface area contributed by atoms with Crippen molar-refractivity contribution in [3.05, 3.63) is 59.9 Å². The van der Waals surface area contributed by atoms with Crippen LogP contribution < -0.4 is 5.32 Å². The van der Waals surface area contributed by atoms with E-state index in [1.54, 1.807) is 31.3 Å². The van der Waals surface area contributed by atoms with Gasteiger partial charge >= 0.3 is 0 Å². The quantitative estimate of drug-likeness (QED) is 0.792. The van der Waals surface area contributed by atoms with Crippen LogP contribution >= 0.6 is 0 Å². The lowest BCUT2D eigenvalue weighted by Crippen LogP contribution is -2.38. The van der Waals surface area contributed by atoms with E-state index in [0.29, 0.717) is 11.3 Å². The zero-order valence-electron chi connectivity index (χ0n) is 15.9. The highest BCUT2D eigenvalue weighted by atomic mass is 32.2. The third kappa shape index (κ3) is 4.97. The fourth-order valence-electron chi connectivity index (χ4n) is 3.55. The number of hydrogen-bond donors (Lipinski definition) is 1. The fourth-order valence-corrected chi connectivity index (χ4v) is 4.97. The van der Waals surface area contributed by atoms with E-state index in [1.807, 2.05) is 0 Å². The molecule has 0 saturated heterocycles. The highest BCUT2D eigenvalue weighted by molar-refractivity contribution is 7.89. The Morgan fingerprint density at radius 1 is 1.11 bits per heavy atom. The van der Waals surface area contributed by atoms with Gasteiger partial charge in [-0.15, -0.1) is 0 Å². The van der Waals surface area contributed by atoms with Crippen molar-refractivity contribution in [2.24, 2.45) is 0 Å². The number of hydrogen-bond acceptors (Lipinski definition) is 3. The molecular formula is C21H25FN2O3S. The number of benzene rings is 2. The molecule has 1 saturated carbocycles. The Morgan fingerprint density at radius 2 is 1.79 bits per heavy atom. The summed E-state index contributed by atoms with van der Waals surface area (Å²) in [6.45, 7) is 0. The molecule has 0 radical (unpaired) electrons. The first-order valence-corrected chi connectivity index (χ1v) is 10.9. The van der Waals surface area contributed by atoms with Gasteiger partial charge in [-0.3, -0.25) is 4.79 Å². The molecular weight excluding hydrogens is 379 g/mol. The third-order valence-corrected chi connectivity index (χ3v) is 7.08. The SMILES string of the molecule is CN(C1CCCCC1)S(=O)(=O)c1ccc(NC(=O)Cc2cccc(F)c2)cc1. The first-order valence-electron chi connectivity index (χ1n) is 9.48. The predicted octanol–water partition coefficient (Wildman–Crippen LogP) is 3.96. The largest absolute Gasteiger partial charge is 0.326 e. The second kappa shape index (κ2) is 8.84. The molecule has 7 heteroatoms. The molecule has 0 bridgehead atoms. The van der Waals surface area contributed by atoms with Gasteiger partial charge in [-0.2, -0.15) is 4.31 Å². The lowest BCUT2D eigenvalue weighted by Gasteiger charge is -2.30. The Balaban J connectivity index is 1.64. The molecule has 0 heterocycles. The van der Waals surface area contributed by atoms with Gasteiger partial charge in [0, 0.05) is 18.8 Å². The average molecular weight is 405 g/mol. The number of nitrogens with one attached hydrogen (secondary N) is 1. The van der Waals surface area contributed by atoms with Gasteiger partial charge in [0.05, 0.1) is 11.3 Å². The molecule has 1 aliphatic carbocycles. The van der Waals surface area contributed by atoms with Crippen LogP contribution in [0.1, 0.15) is 37.7 Å². The molecule has 1 N–H and O–H groups in total. The topological polar surface area (TPSA) is 66.5 Å². The van der Waals surface area contributed by atoms with E-state index in [1.165, 1.54) is 28.6 Å². The highest BCUT2D eigenvalue weighted by Crippen LogP contribution is 2.27. The zero-order chi connectivity index (χ0) is 20.1. The summed E-state index contributed by atoms with van der Waals surface area (Å²) in [4.78, 5) is 12.3. The molecule has 1 aliphatic rings. The summed E-state index contributed by atoms with van der Waals surface area (Å²) < 4.78 is 40.4. The van der Waals surface area contributed by atoms with Crippen LogP contribution in [0.4, 0.5) is 10.1 Å². The van der Waals surface area contributed by atoms with Gasteiger partial charge < -0.3 is 5.32 Å². The summed E-state index contributed by atoms with van der Waals surface area (Å²) in [5.74, 6) is -0.678. The van der Waals surface area contributed by atoms with Crippen LogP contribution in [0.3, 0.4) is 0 Å². The van der Waals surface area contributed by atoms with Crippen LogP contribution in [0.5, 0.6) is 0 Å². The van der Waals surface area contributed by atoms with Gasteiger partial charge in [0.2, 0.25) is 15.9 Å². The van der Waals surface area contributed by atoms with E-state index in [-0.39, 0.29) is 29.1 Å². The van der Waals surface area contributed by atoms with Gasteiger partial charge in [0.25, 0.3) is 0 Å². The van der Waals surface area contributed by atoms with Gasteiger partial charge in [0.1, 0.15) is 5.82 Å². The molecule has 1 fully saturated rings. The molecule has 3 rings (SSSR count). The summed E-state index contributed by atoms with van der Waals surface area (Å²) in [6, 6.07) is 12.1. The van der Waals surface area contributed by atoms with Crippen LogP contribution in [0.25, 0.3) is 0 Å². The van der Waals surface area contributed by atoms with Crippen molar-refractivity contribution in [3.63, 3.8) is 0 Å². The van der Waals surface area contributed by atoms with Gasteiger partial charge in [-0.25, -0.2) is 12.8 Å². The average Bonchev–Trinajstić information content (AvgIpc) is 2.68. The van der Waals surface area contributed by atoms with Crippen LogP contribution in [-0.2, 0) is 21.2 Å². The van der Waals surface area contributed by atoms with Crippen molar-refractivity contribution >= 4 is 21.6 Å². The van der Waals surface area contributed by atoms with Gasteiger partial charge in [-0.05, 0) is 54.8 Å². The minimum absolute atomic E-state index is 0.0439. The number of halogens is 1. The Morgan fingerprint density at radius 3 is 2.43 bits per heavy atom. The smallest absolute Gasteiger partial charge is 0.243 e. The van der Waals surface area contributed by atoms with Crippen molar-refractivity contribution < 1.29 is 17.6 Å². The molecule has 1 amide bonds. The minimum Gasteiger partial charge on any atom is -0.326 e. The Hall–Kier alpha value is -2.25. The lowest BCUT2D eigenvalue weighted by molar-refractivity contribution is -0.115. The summed E-state index contributed by atoms with van der Waals surface area (Å²) in [6.07, 6.45) is 5.10. The van der Waals surface area contributed by atoms with Crippen LogP contribution in [-0.4, -0.2) is 31.7 Å². The van der Waals surface area contributed by atoms with Crippen LogP contribution in [0.2, 0.25) is 0 Å². The maximum absolute atomic E-state index is 13.2. The number of carbonyl (C=O) groups excluding carboxylic acids is 1. The fraction of sp³-hybridized carbons (Fsp3) is 0.381. The Kier molecular flexibility index (Phi) is 6.46. The molecule has 0 spiro atoms. The molecule has 150 valence electrons. The first kappa shape index (κ1) is 20.5. The van der Waals surface area contributed by atoms with E-state index < -0.39 is 10.0 Å². The predicted molar refractivity (Wildman–Crippen MR) is 107 cm³/mol. The van der Waals surface area contributed by atoms with Crippen molar-refractivity contribution in [2.45, 2.75) is 49.5 Å². The number of nitrogens with zero attached hydrogens (tertiary/aromatic N) is 1. The highest BCUT2D eigenvalue weighted by Gasteiger charge is 2.28. The number of anilines is 1. The molecule has 0 aliphatic heterocycles. The third-order valence-electron chi connectivity index (χ3n) is 5.16. The number of carbonyl (C=O) groups is 1. The standard InChI is InChI=1S/C21H25FN2O3S/c1-24(19-8-3-2-4-9-19)28(26,27)20-12-10-18(11-13-20)23-21(25)15-16-6-5-7-17(22)14-16/h5-7,10-14,19H,2-4,8-9,15H2,1H3,(H,23,25). The molecule has 2 aromatic carbocycles. The van der Waals surface area contributed by atoms with Crippen molar-refractivity contribution in [1.82, 2.24) is 4.31 Å².